The van der Waals surface area contributed by atoms with Crippen molar-refractivity contribution in [1.29, 1.82) is 0 Å². The number of hydrogen-bond donors (Lipinski definition) is 0. The van der Waals surface area contributed by atoms with Crippen LogP contribution in [0, 0.1) is 12.0 Å². The van der Waals surface area contributed by atoms with Crippen molar-refractivity contribution in [3.05, 3.63) is 18.1 Å². The largest absolute Gasteiger partial charge is 0.574 e. The first kappa shape index (κ1) is 9.62. The van der Waals surface area contributed by atoms with Gasteiger partial charge in [-0.2, -0.15) is 18.7 Å². The maximum atomic E-state index is 12.2. The lowest BCUT2D eigenvalue weighted by molar-refractivity contribution is -0.276. The van der Waals surface area contributed by atoms with Crippen molar-refractivity contribution in [2.24, 2.45) is 0 Å². The topological polar surface area (TPSA) is 35.0 Å². The molecule has 0 aliphatic heterocycles. The van der Waals surface area contributed by atoms with Gasteiger partial charge in [-0.1, -0.05) is 0 Å². The SMILES string of the molecule is Fc1cc(OC(F)(F)F)nc(F)n1. The van der Waals surface area contributed by atoms with Gasteiger partial charge in [0, 0.05) is 0 Å². The van der Waals surface area contributed by atoms with Gasteiger partial charge in [0.05, 0.1) is 6.07 Å². The quantitative estimate of drug-likeness (QED) is 0.392. The van der Waals surface area contributed by atoms with Crippen LogP contribution in [0.25, 0.3) is 0 Å². The molecule has 1 aromatic rings. The van der Waals surface area contributed by atoms with Crippen LogP contribution in [-0.2, 0) is 0 Å². The van der Waals surface area contributed by atoms with E-state index in [-0.39, 0.29) is 6.07 Å². The predicted molar refractivity (Wildman–Crippen MR) is 28.6 cm³/mol. The zero-order valence-corrected chi connectivity index (χ0v) is 5.77. The normalized spacial score (nSPS) is 11.5. The molecule has 0 atom stereocenters. The summed E-state index contributed by atoms with van der Waals surface area (Å²) in [7, 11) is 0. The van der Waals surface area contributed by atoms with Crippen molar-refractivity contribution in [3.8, 4) is 5.88 Å². The van der Waals surface area contributed by atoms with Crippen LogP contribution in [0.2, 0.25) is 0 Å². The van der Waals surface area contributed by atoms with E-state index in [2.05, 4.69) is 14.7 Å². The molecule has 0 aliphatic rings. The average Bonchev–Trinajstić information content (AvgIpc) is 1.78. The van der Waals surface area contributed by atoms with Crippen LogP contribution < -0.4 is 4.74 Å². The summed E-state index contributed by atoms with van der Waals surface area (Å²) in [6.45, 7) is 0. The Labute approximate surface area is 68.2 Å². The zero-order chi connectivity index (χ0) is 10.1. The van der Waals surface area contributed by atoms with E-state index < -0.39 is 24.3 Å². The molecule has 72 valence electrons. The fraction of sp³-hybridized carbons (Fsp3) is 0.200. The van der Waals surface area contributed by atoms with Gasteiger partial charge in [-0.25, -0.2) is 0 Å². The highest BCUT2D eigenvalue weighted by Gasteiger charge is 2.32. The third-order valence-electron chi connectivity index (χ3n) is 0.864. The molecule has 1 rings (SSSR count). The fourth-order valence-corrected chi connectivity index (χ4v) is 0.541. The molecule has 0 saturated heterocycles. The lowest BCUT2D eigenvalue weighted by atomic mass is 10.6. The van der Waals surface area contributed by atoms with Crippen molar-refractivity contribution >= 4 is 0 Å². The molecule has 1 heterocycles. The molecule has 0 aromatic carbocycles. The van der Waals surface area contributed by atoms with Crippen LogP contribution in [0.1, 0.15) is 0 Å². The zero-order valence-electron chi connectivity index (χ0n) is 5.77. The van der Waals surface area contributed by atoms with Crippen LogP contribution in [0.15, 0.2) is 6.07 Å². The summed E-state index contributed by atoms with van der Waals surface area (Å²) in [4.78, 5) is 5.03. The Balaban J connectivity index is 2.90. The van der Waals surface area contributed by atoms with E-state index in [9.17, 15) is 22.0 Å². The van der Waals surface area contributed by atoms with Crippen LogP contribution in [0.5, 0.6) is 5.88 Å². The second-order valence-electron chi connectivity index (χ2n) is 1.85. The molecular formula is C5HF5N2O. The second kappa shape index (κ2) is 3.11. The van der Waals surface area contributed by atoms with Crippen molar-refractivity contribution in [3.63, 3.8) is 0 Å². The highest BCUT2D eigenvalue weighted by molar-refractivity contribution is 5.06. The molecule has 0 amide bonds. The molecule has 13 heavy (non-hydrogen) atoms. The third-order valence-corrected chi connectivity index (χ3v) is 0.864. The number of rotatable bonds is 1. The molecule has 0 fully saturated rings. The highest BCUT2D eigenvalue weighted by Crippen LogP contribution is 2.20. The van der Waals surface area contributed by atoms with Gasteiger partial charge in [0.1, 0.15) is 0 Å². The smallest absolute Gasteiger partial charge is 0.388 e. The van der Waals surface area contributed by atoms with Gasteiger partial charge in [0.2, 0.25) is 11.8 Å². The Morgan fingerprint density at radius 1 is 1.15 bits per heavy atom. The molecule has 0 unspecified atom stereocenters. The average molecular weight is 200 g/mol. The highest BCUT2D eigenvalue weighted by atomic mass is 19.4. The van der Waals surface area contributed by atoms with Gasteiger partial charge in [0.25, 0.3) is 0 Å². The Morgan fingerprint density at radius 2 is 1.77 bits per heavy atom. The summed E-state index contributed by atoms with van der Waals surface area (Å²) in [5.74, 6) is -2.66. The standard InChI is InChI=1S/C5HF5N2O/c6-2-1-3(12-4(7)11-2)13-5(8,9)10/h1H. The van der Waals surface area contributed by atoms with E-state index in [0.29, 0.717) is 0 Å². The number of ether oxygens (including phenoxy) is 1. The second-order valence-corrected chi connectivity index (χ2v) is 1.85. The first-order valence-electron chi connectivity index (χ1n) is 2.82. The minimum absolute atomic E-state index is 0.219. The lowest BCUT2D eigenvalue weighted by Crippen LogP contribution is -2.18. The molecule has 0 aliphatic carbocycles. The Kier molecular flexibility index (Phi) is 2.30. The molecule has 0 spiro atoms. The lowest BCUT2D eigenvalue weighted by Gasteiger charge is -2.06. The maximum absolute atomic E-state index is 12.2. The van der Waals surface area contributed by atoms with Gasteiger partial charge in [-0.05, 0) is 0 Å². The Morgan fingerprint density at radius 3 is 2.23 bits per heavy atom. The van der Waals surface area contributed by atoms with Gasteiger partial charge in [0.15, 0.2) is 0 Å². The third kappa shape index (κ3) is 3.18. The van der Waals surface area contributed by atoms with E-state index >= 15 is 0 Å². The van der Waals surface area contributed by atoms with Crippen LogP contribution in [-0.4, -0.2) is 16.3 Å². The molecule has 0 radical (unpaired) electrons. The van der Waals surface area contributed by atoms with Crippen molar-refractivity contribution < 1.29 is 26.7 Å². The molecular weight excluding hydrogens is 199 g/mol. The minimum atomic E-state index is -5.03. The van der Waals surface area contributed by atoms with E-state index in [4.69, 9.17) is 0 Å². The number of nitrogens with zero attached hydrogens (tertiary/aromatic N) is 2. The fourth-order valence-electron chi connectivity index (χ4n) is 0.541. The minimum Gasteiger partial charge on any atom is -0.388 e. The predicted octanol–water partition coefficient (Wildman–Crippen LogP) is 1.65. The van der Waals surface area contributed by atoms with E-state index in [0.717, 1.165) is 0 Å². The molecule has 0 saturated carbocycles. The Bertz CT molecular complexity index is 292. The van der Waals surface area contributed by atoms with Crippen molar-refractivity contribution in [2.45, 2.75) is 6.36 Å². The van der Waals surface area contributed by atoms with Gasteiger partial charge < -0.3 is 4.74 Å². The van der Waals surface area contributed by atoms with Gasteiger partial charge >= 0.3 is 12.4 Å². The number of alkyl halides is 3. The van der Waals surface area contributed by atoms with E-state index in [1.54, 1.807) is 0 Å². The molecule has 1 aromatic heterocycles. The Hall–Kier alpha value is -1.47. The summed E-state index contributed by atoms with van der Waals surface area (Å²) in [5, 5.41) is 0. The first-order chi connectivity index (χ1) is 5.87. The molecule has 0 bridgehead atoms. The molecule has 0 N–H and O–H groups in total. The van der Waals surface area contributed by atoms with E-state index in [1.165, 1.54) is 0 Å². The maximum Gasteiger partial charge on any atom is 0.574 e. The molecule has 3 nitrogen and oxygen atoms in total. The van der Waals surface area contributed by atoms with Crippen molar-refractivity contribution in [2.75, 3.05) is 0 Å². The summed E-state index contributed by atoms with van der Waals surface area (Å²) >= 11 is 0. The van der Waals surface area contributed by atoms with Gasteiger partial charge in [-0.15, -0.1) is 13.2 Å². The summed E-state index contributed by atoms with van der Waals surface area (Å²) in [6.07, 6.45) is -6.66. The summed E-state index contributed by atoms with van der Waals surface area (Å²) in [6, 6.07) is 0.219. The van der Waals surface area contributed by atoms with Gasteiger partial charge in [-0.3, -0.25) is 0 Å². The summed E-state index contributed by atoms with van der Waals surface area (Å²) in [5.41, 5.74) is 0. The van der Waals surface area contributed by atoms with Crippen LogP contribution in [0.3, 0.4) is 0 Å². The number of aromatic nitrogens is 2. The molecule has 8 heteroatoms. The summed E-state index contributed by atoms with van der Waals surface area (Å²) < 4.78 is 61.8. The number of hydrogen-bond acceptors (Lipinski definition) is 3. The number of halogens is 5. The van der Waals surface area contributed by atoms with Crippen LogP contribution in [0.4, 0.5) is 22.0 Å². The first-order valence-corrected chi connectivity index (χ1v) is 2.82. The van der Waals surface area contributed by atoms with E-state index in [1.807, 2.05) is 0 Å². The van der Waals surface area contributed by atoms with Crippen molar-refractivity contribution in [1.82, 2.24) is 9.97 Å². The monoisotopic (exact) mass is 200 g/mol. The van der Waals surface area contributed by atoms with Crippen LogP contribution >= 0.6 is 0 Å².